The van der Waals surface area contributed by atoms with Gasteiger partial charge in [-0.25, -0.2) is 0 Å². The Labute approximate surface area is 85.3 Å². The zero-order chi connectivity index (χ0) is 9.26. The molecule has 2 rings (SSSR count). The summed E-state index contributed by atoms with van der Waals surface area (Å²) >= 11 is 3.34. The molecule has 1 saturated heterocycles. The first-order valence-corrected chi connectivity index (χ1v) is 5.81. The lowest BCUT2D eigenvalue weighted by Crippen LogP contribution is -2.07. The number of rotatable bonds is 4. The average molecular weight is 217 g/mol. The van der Waals surface area contributed by atoms with Crippen LogP contribution in [0.15, 0.2) is 4.34 Å². The Bertz CT molecular complexity index is 285. The van der Waals surface area contributed by atoms with E-state index in [0.717, 1.165) is 21.8 Å². The Morgan fingerprint density at radius 2 is 2.38 bits per heavy atom. The van der Waals surface area contributed by atoms with Crippen molar-refractivity contribution in [2.75, 3.05) is 31.4 Å². The molecular formula is C7H11N3OS2. The molecule has 0 saturated carbocycles. The molecule has 0 bridgehead atoms. The van der Waals surface area contributed by atoms with Crippen LogP contribution in [0.25, 0.3) is 0 Å². The van der Waals surface area contributed by atoms with Gasteiger partial charge in [0.1, 0.15) is 0 Å². The molecule has 0 amide bonds. The quantitative estimate of drug-likeness (QED) is 0.558. The van der Waals surface area contributed by atoms with Crippen LogP contribution in [-0.4, -0.2) is 42.8 Å². The van der Waals surface area contributed by atoms with Crippen molar-refractivity contribution < 1.29 is 4.74 Å². The fourth-order valence-electron chi connectivity index (χ4n) is 0.770. The van der Waals surface area contributed by atoms with E-state index in [1.807, 2.05) is 19.0 Å². The number of epoxide rings is 1. The van der Waals surface area contributed by atoms with E-state index >= 15 is 0 Å². The van der Waals surface area contributed by atoms with Crippen LogP contribution in [0.5, 0.6) is 0 Å². The van der Waals surface area contributed by atoms with Gasteiger partial charge in [0.15, 0.2) is 4.34 Å². The number of aromatic nitrogens is 2. The van der Waals surface area contributed by atoms with Crippen LogP contribution >= 0.6 is 23.1 Å². The van der Waals surface area contributed by atoms with E-state index in [1.165, 1.54) is 0 Å². The predicted octanol–water partition coefficient (Wildman–Crippen LogP) is 1.09. The van der Waals surface area contributed by atoms with Gasteiger partial charge in [0.25, 0.3) is 0 Å². The van der Waals surface area contributed by atoms with Gasteiger partial charge in [-0.2, -0.15) is 0 Å². The van der Waals surface area contributed by atoms with Crippen molar-refractivity contribution in [3.8, 4) is 0 Å². The molecule has 72 valence electrons. The van der Waals surface area contributed by atoms with Crippen molar-refractivity contribution in [2.24, 2.45) is 0 Å². The molecule has 1 atom stereocenters. The first kappa shape index (κ1) is 9.23. The van der Waals surface area contributed by atoms with Crippen molar-refractivity contribution in [1.82, 2.24) is 10.2 Å². The van der Waals surface area contributed by atoms with E-state index in [2.05, 4.69) is 10.2 Å². The molecule has 1 unspecified atom stereocenters. The summed E-state index contributed by atoms with van der Waals surface area (Å²) in [4.78, 5) is 1.97. The third-order valence-electron chi connectivity index (χ3n) is 1.57. The van der Waals surface area contributed by atoms with Crippen LogP contribution in [0.2, 0.25) is 0 Å². The smallest absolute Gasteiger partial charge is 0.208 e. The number of anilines is 1. The van der Waals surface area contributed by atoms with Crippen LogP contribution < -0.4 is 4.90 Å². The highest BCUT2D eigenvalue weighted by atomic mass is 32.2. The van der Waals surface area contributed by atoms with Crippen molar-refractivity contribution in [3.05, 3.63) is 0 Å². The lowest BCUT2D eigenvalue weighted by atomic mass is 10.6. The van der Waals surface area contributed by atoms with Gasteiger partial charge in [0, 0.05) is 19.8 Å². The summed E-state index contributed by atoms with van der Waals surface area (Å²) in [5, 5.41) is 9.08. The molecular weight excluding hydrogens is 206 g/mol. The number of hydrogen-bond acceptors (Lipinski definition) is 6. The van der Waals surface area contributed by atoms with E-state index in [9.17, 15) is 0 Å². The summed E-state index contributed by atoms with van der Waals surface area (Å²) in [5.74, 6) is 1.00. The van der Waals surface area contributed by atoms with Gasteiger partial charge < -0.3 is 9.64 Å². The van der Waals surface area contributed by atoms with Gasteiger partial charge in [0.2, 0.25) is 5.13 Å². The molecule has 2 heterocycles. The van der Waals surface area contributed by atoms with E-state index < -0.39 is 0 Å². The molecule has 1 aromatic rings. The first-order chi connectivity index (χ1) is 6.25. The molecule has 0 radical (unpaired) electrons. The van der Waals surface area contributed by atoms with Crippen LogP contribution in [0.1, 0.15) is 0 Å². The lowest BCUT2D eigenvalue weighted by molar-refractivity contribution is 0.426. The van der Waals surface area contributed by atoms with E-state index in [1.54, 1.807) is 23.1 Å². The Balaban J connectivity index is 1.88. The normalized spacial score (nSPS) is 20.3. The fourth-order valence-corrected chi connectivity index (χ4v) is 2.56. The minimum absolute atomic E-state index is 0.455. The van der Waals surface area contributed by atoms with Crippen LogP contribution in [0.3, 0.4) is 0 Å². The SMILES string of the molecule is CN(C)c1nnc(SCC2CO2)s1. The molecule has 1 aromatic heterocycles. The van der Waals surface area contributed by atoms with Gasteiger partial charge in [-0.3, -0.25) is 0 Å². The maximum absolute atomic E-state index is 5.11. The number of ether oxygens (including phenoxy) is 1. The van der Waals surface area contributed by atoms with Gasteiger partial charge in [-0.15, -0.1) is 10.2 Å². The second kappa shape index (κ2) is 3.81. The largest absolute Gasteiger partial charge is 0.372 e. The molecule has 0 aliphatic carbocycles. The summed E-state index contributed by atoms with van der Waals surface area (Å²) in [7, 11) is 3.94. The Hall–Kier alpha value is -0.330. The molecule has 13 heavy (non-hydrogen) atoms. The first-order valence-electron chi connectivity index (χ1n) is 4.01. The molecule has 6 heteroatoms. The molecule has 0 aromatic carbocycles. The van der Waals surface area contributed by atoms with E-state index in [-0.39, 0.29) is 0 Å². The third-order valence-corrected chi connectivity index (χ3v) is 3.93. The van der Waals surface area contributed by atoms with E-state index in [4.69, 9.17) is 4.74 Å². The van der Waals surface area contributed by atoms with Gasteiger partial charge in [-0.1, -0.05) is 23.1 Å². The fraction of sp³-hybridized carbons (Fsp3) is 0.714. The summed E-state index contributed by atoms with van der Waals surface area (Å²) in [6.45, 7) is 0.909. The highest BCUT2D eigenvalue weighted by molar-refractivity contribution is 8.01. The molecule has 1 fully saturated rings. The number of hydrogen-bond donors (Lipinski definition) is 0. The summed E-state index contributed by atoms with van der Waals surface area (Å²) in [5.41, 5.74) is 0. The molecule has 1 aliphatic rings. The second-order valence-corrected chi connectivity index (χ2v) is 5.23. The zero-order valence-electron chi connectivity index (χ0n) is 7.56. The number of nitrogens with zero attached hydrogens (tertiary/aromatic N) is 3. The van der Waals surface area contributed by atoms with Crippen LogP contribution in [-0.2, 0) is 4.74 Å². The zero-order valence-corrected chi connectivity index (χ0v) is 9.19. The number of thioether (sulfide) groups is 1. The van der Waals surface area contributed by atoms with Crippen LogP contribution in [0.4, 0.5) is 5.13 Å². The monoisotopic (exact) mass is 217 g/mol. The maximum atomic E-state index is 5.11. The molecule has 0 N–H and O–H groups in total. The van der Waals surface area contributed by atoms with Crippen LogP contribution in [0, 0.1) is 0 Å². The van der Waals surface area contributed by atoms with Gasteiger partial charge >= 0.3 is 0 Å². The average Bonchev–Trinajstić information content (AvgIpc) is 2.79. The Morgan fingerprint density at radius 3 is 2.92 bits per heavy atom. The molecule has 0 spiro atoms. The topological polar surface area (TPSA) is 41.6 Å². The van der Waals surface area contributed by atoms with E-state index in [0.29, 0.717) is 6.10 Å². The third kappa shape index (κ3) is 2.55. The van der Waals surface area contributed by atoms with Gasteiger partial charge in [-0.05, 0) is 0 Å². The summed E-state index contributed by atoms with van der Waals surface area (Å²) < 4.78 is 6.14. The Kier molecular flexibility index (Phi) is 2.71. The highest BCUT2D eigenvalue weighted by Crippen LogP contribution is 2.29. The summed E-state index contributed by atoms with van der Waals surface area (Å²) in [6.07, 6.45) is 0.455. The summed E-state index contributed by atoms with van der Waals surface area (Å²) in [6, 6.07) is 0. The van der Waals surface area contributed by atoms with Crippen molar-refractivity contribution in [2.45, 2.75) is 10.4 Å². The second-order valence-electron chi connectivity index (χ2n) is 3.01. The molecule has 1 aliphatic heterocycles. The van der Waals surface area contributed by atoms with Gasteiger partial charge in [0.05, 0.1) is 12.7 Å². The Morgan fingerprint density at radius 1 is 1.62 bits per heavy atom. The lowest BCUT2D eigenvalue weighted by Gasteiger charge is -2.03. The minimum atomic E-state index is 0.455. The minimum Gasteiger partial charge on any atom is -0.372 e. The van der Waals surface area contributed by atoms with Crippen molar-refractivity contribution in [3.63, 3.8) is 0 Å². The van der Waals surface area contributed by atoms with Crippen molar-refractivity contribution >= 4 is 28.2 Å². The van der Waals surface area contributed by atoms with Crippen molar-refractivity contribution in [1.29, 1.82) is 0 Å². The maximum Gasteiger partial charge on any atom is 0.208 e. The molecule has 4 nitrogen and oxygen atoms in total. The highest BCUT2D eigenvalue weighted by Gasteiger charge is 2.23. The standard InChI is InChI=1S/C7H11N3OS2/c1-10(2)6-8-9-7(13-6)12-4-5-3-11-5/h5H,3-4H2,1-2H3. The predicted molar refractivity (Wildman–Crippen MR) is 54.7 cm³/mol.